The van der Waals surface area contributed by atoms with Gasteiger partial charge in [0.2, 0.25) is 0 Å². The molecule has 9 nitrogen and oxygen atoms in total. The number of methoxy groups -OCH3 is 3. The van der Waals surface area contributed by atoms with E-state index in [1.165, 1.54) is 5.69 Å². The summed E-state index contributed by atoms with van der Waals surface area (Å²) in [6, 6.07) is 14.0. The highest BCUT2D eigenvalue weighted by molar-refractivity contribution is 5.50. The van der Waals surface area contributed by atoms with Gasteiger partial charge in [-0.1, -0.05) is 6.92 Å². The summed E-state index contributed by atoms with van der Waals surface area (Å²) in [5.41, 5.74) is 2.00. The van der Waals surface area contributed by atoms with Gasteiger partial charge >= 0.3 is 0 Å². The van der Waals surface area contributed by atoms with Crippen LogP contribution in [0.5, 0.6) is 17.2 Å². The highest BCUT2D eigenvalue weighted by Gasteiger charge is 2.35. The lowest BCUT2D eigenvalue weighted by atomic mass is 9.98. The Labute approximate surface area is 207 Å². The second-order valence-electron chi connectivity index (χ2n) is 9.35. The molecule has 4 rings (SSSR count). The van der Waals surface area contributed by atoms with Crippen molar-refractivity contribution >= 4 is 5.69 Å². The number of aromatic nitrogens is 4. The van der Waals surface area contributed by atoms with Gasteiger partial charge in [-0.05, 0) is 67.1 Å². The van der Waals surface area contributed by atoms with E-state index in [0.29, 0.717) is 0 Å². The number of piperazine rings is 1. The molecular formula is C26H36N6O3. The summed E-state index contributed by atoms with van der Waals surface area (Å²) in [6.45, 7) is 9.96. The average molecular weight is 481 g/mol. The highest BCUT2D eigenvalue weighted by atomic mass is 16.5. The van der Waals surface area contributed by atoms with Crippen molar-refractivity contribution in [2.24, 2.45) is 0 Å². The first-order valence-corrected chi connectivity index (χ1v) is 12.1. The Hall–Kier alpha value is -3.33. The molecule has 3 aromatic rings. The lowest BCUT2D eigenvalue weighted by Gasteiger charge is -2.40. The van der Waals surface area contributed by atoms with Gasteiger partial charge in [-0.25, -0.2) is 4.68 Å². The van der Waals surface area contributed by atoms with E-state index in [0.717, 1.165) is 61.2 Å². The Kier molecular flexibility index (Phi) is 7.45. The molecule has 0 amide bonds. The minimum Gasteiger partial charge on any atom is -0.497 e. The quantitative estimate of drug-likeness (QED) is 0.458. The average Bonchev–Trinajstić information content (AvgIpc) is 3.40. The molecule has 0 bridgehead atoms. The number of tetrazole rings is 1. The fourth-order valence-corrected chi connectivity index (χ4v) is 4.52. The van der Waals surface area contributed by atoms with E-state index in [1.54, 1.807) is 21.3 Å². The minimum atomic E-state index is -0.221. The van der Waals surface area contributed by atoms with Crippen LogP contribution in [0, 0.1) is 0 Å². The van der Waals surface area contributed by atoms with Crippen LogP contribution in [0.1, 0.15) is 44.6 Å². The van der Waals surface area contributed by atoms with Crippen LogP contribution < -0.4 is 19.1 Å². The second kappa shape index (κ2) is 10.5. The molecule has 0 aliphatic carbocycles. The van der Waals surface area contributed by atoms with Crippen molar-refractivity contribution in [1.82, 2.24) is 25.1 Å². The number of hydrogen-bond acceptors (Lipinski definition) is 8. The first-order chi connectivity index (χ1) is 16.9. The first kappa shape index (κ1) is 24.8. The van der Waals surface area contributed by atoms with Crippen molar-refractivity contribution < 1.29 is 14.2 Å². The molecule has 35 heavy (non-hydrogen) atoms. The zero-order valence-corrected chi connectivity index (χ0v) is 21.6. The molecule has 0 unspecified atom stereocenters. The van der Waals surface area contributed by atoms with Gasteiger partial charge in [0.15, 0.2) is 5.82 Å². The van der Waals surface area contributed by atoms with E-state index < -0.39 is 0 Å². The number of ether oxygens (including phenoxy) is 3. The minimum absolute atomic E-state index is 0.158. The third-order valence-corrected chi connectivity index (χ3v) is 7.03. The fourth-order valence-electron chi connectivity index (χ4n) is 4.52. The van der Waals surface area contributed by atoms with Gasteiger partial charge in [0.05, 0.1) is 26.9 Å². The summed E-state index contributed by atoms with van der Waals surface area (Å²) in [7, 11) is 5.04. The van der Waals surface area contributed by atoms with Crippen LogP contribution in [0.2, 0.25) is 0 Å². The monoisotopic (exact) mass is 480 g/mol. The van der Waals surface area contributed by atoms with Crippen molar-refractivity contribution in [3.63, 3.8) is 0 Å². The third-order valence-electron chi connectivity index (χ3n) is 7.03. The molecule has 0 N–H and O–H groups in total. The molecule has 188 valence electrons. The van der Waals surface area contributed by atoms with Crippen LogP contribution in [-0.2, 0) is 5.54 Å². The van der Waals surface area contributed by atoms with Gasteiger partial charge in [-0.2, -0.15) is 0 Å². The molecule has 0 saturated carbocycles. The van der Waals surface area contributed by atoms with Crippen molar-refractivity contribution in [2.75, 3.05) is 52.4 Å². The van der Waals surface area contributed by atoms with Crippen molar-refractivity contribution in [3.05, 3.63) is 53.9 Å². The van der Waals surface area contributed by atoms with Gasteiger partial charge in [-0.3, -0.25) is 4.90 Å². The Morgan fingerprint density at radius 1 is 0.886 bits per heavy atom. The van der Waals surface area contributed by atoms with Crippen LogP contribution in [0.3, 0.4) is 0 Å². The maximum atomic E-state index is 5.81. The summed E-state index contributed by atoms with van der Waals surface area (Å²) >= 11 is 0. The van der Waals surface area contributed by atoms with E-state index >= 15 is 0 Å². The standard InChI is InChI=1S/C26H36N6O3/c1-7-26(2,3)32-25(27-28-29-32)24(22-13-12-21(34-5)18-23(22)35-6)31-16-14-30(15-17-31)19-8-10-20(33-4)11-9-19/h8-13,18,24H,7,14-17H2,1-6H3/t24-/m0/s1. The smallest absolute Gasteiger partial charge is 0.173 e. The topological polar surface area (TPSA) is 77.8 Å². The predicted molar refractivity (Wildman–Crippen MR) is 136 cm³/mol. The van der Waals surface area contributed by atoms with Gasteiger partial charge < -0.3 is 19.1 Å². The lowest BCUT2D eigenvalue weighted by Crippen LogP contribution is -2.49. The summed E-state index contributed by atoms with van der Waals surface area (Å²) < 4.78 is 18.5. The number of benzene rings is 2. The van der Waals surface area contributed by atoms with Crippen LogP contribution >= 0.6 is 0 Å². The Morgan fingerprint density at radius 2 is 1.54 bits per heavy atom. The number of nitrogens with zero attached hydrogens (tertiary/aromatic N) is 6. The van der Waals surface area contributed by atoms with Crippen molar-refractivity contribution in [1.29, 1.82) is 0 Å². The first-order valence-electron chi connectivity index (χ1n) is 12.1. The van der Waals surface area contributed by atoms with E-state index in [-0.39, 0.29) is 11.6 Å². The number of rotatable bonds is 9. The summed E-state index contributed by atoms with van der Waals surface area (Å²) in [6.07, 6.45) is 0.906. The molecule has 1 atom stereocenters. The second-order valence-corrected chi connectivity index (χ2v) is 9.35. The van der Waals surface area contributed by atoms with Crippen LogP contribution in [-0.4, -0.2) is 72.6 Å². The van der Waals surface area contributed by atoms with Crippen molar-refractivity contribution in [3.8, 4) is 17.2 Å². The van der Waals surface area contributed by atoms with Gasteiger partial charge in [0.1, 0.15) is 23.3 Å². The Balaban J connectivity index is 1.68. The Morgan fingerprint density at radius 3 is 2.14 bits per heavy atom. The molecule has 0 spiro atoms. The van der Waals surface area contributed by atoms with E-state index in [4.69, 9.17) is 14.2 Å². The van der Waals surface area contributed by atoms with E-state index in [1.807, 2.05) is 28.9 Å². The predicted octanol–water partition coefficient (Wildman–Crippen LogP) is 3.76. The summed E-state index contributed by atoms with van der Waals surface area (Å²) in [4.78, 5) is 4.84. The molecular weight excluding hydrogens is 444 g/mol. The molecule has 1 aliphatic rings. The third kappa shape index (κ3) is 5.05. The van der Waals surface area contributed by atoms with E-state index in [9.17, 15) is 0 Å². The molecule has 1 saturated heterocycles. The molecule has 2 heterocycles. The van der Waals surface area contributed by atoms with Gasteiger partial charge in [-0.15, -0.1) is 5.10 Å². The van der Waals surface area contributed by atoms with Crippen LogP contribution in [0.25, 0.3) is 0 Å². The zero-order chi connectivity index (χ0) is 25.0. The number of anilines is 1. The molecule has 2 aromatic carbocycles. The maximum absolute atomic E-state index is 5.81. The van der Waals surface area contributed by atoms with E-state index in [2.05, 4.69) is 64.3 Å². The highest BCUT2D eigenvalue weighted by Crippen LogP contribution is 2.38. The van der Waals surface area contributed by atoms with Gasteiger partial charge in [0.25, 0.3) is 0 Å². The normalized spacial score (nSPS) is 15.7. The molecule has 1 aromatic heterocycles. The van der Waals surface area contributed by atoms with Crippen molar-refractivity contribution in [2.45, 2.75) is 38.8 Å². The largest absolute Gasteiger partial charge is 0.497 e. The van der Waals surface area contributed by atoms with Gasteiger partial charge in [0, 0.05) is 43.5 Å². The SMILES string of the molecule is CCC(C)(C)n1nnnc1[C@H](c1ccc(OC)cc1OC)N1CCN(c2ccc(OC)cc2)CC1. The molecule has 0 radical (unpaired) electrons. The number of hydrogen-bond donors (Lipinski definition) is 0. The molecule has 9 heteroatoms. The summed E-state index contributed by atoms with van der Waals surface area (Å²) in [5, 5.41) is 13.0. The Bertz CT molecular complexity index is 1110. The maximum Gasteiger partial charge on any atom is 0.173 e. The lowest BCUT2D eigenvalue weighted by molar-refractivity contribution is 0.184. The fraction of sp³-hybridized carbons (Fsp3) is 0.500. The molecule has 1 fully saturated rings. The summed E-state index contributed by atoms with van der Waals surface area (Å²) in [5.74, 6) is 3.19. The van der Waals surface area contributed by atoms with Crippen LogP contribution in [0.4, 0.5) is 5.69 Å². The zero-order valence-electron chi connectivity index (χ0n) is 21.6. The molecule has 1 aliphatic heterocycles. The van der Waals surface area contributed by atoms with Crippen LogP contribution in [0.15, 0.2) is 42.5 Å².